The van der Waals surface area contributed by atoms with E-state index in [9.17, 15) is 9.59 Å². The summed E-state index contributed by atoms with van der Waals surface area (Å²) in [7, 11) is 1.64. The van der Waals surface area contributed by atoms with Crippen LogP contribution in [0.5, 0.6) is 11.5 Å². The minimum absolute atomic E-state index is 0.0943. The number of hydrogen-bond donors (Lipinski definition) is 1. The first kappa shape index (κ1) is 25.3. The van der Waals surface area contributed by atoms with Crippen LogP contribution in [-0.4, -0.2) is 53.1 Å². The highest BCUT2D eigenvalue weighted by Gasteiger charge is 2.27. The fourth-order valence-corrected chi connectivity index (χ4v) is 4.50. The van der Waals surface area contributed by atoms with Crippen molar-refractivity contribution in [2.75, 3.05) is 32.1 Å². The molecule has 1 aromatic heterocycles. The van der Waals surface area contributed by atoms with Crippen molar-refractivity contribution >= 4 is 17.5 Å². The standard InChI is InChI=1S/C28H34N4O4/c1-4-35-23-16-15-21(18-24(23)36-5-2)29-25(33)19-31(3)28(34)26-22-14-10-7-11-17-32(22)27(30-26)20-12-8-6-9-13-20/h6,8-9,12-13,15-16,18H,4-5,7,10-11,14,17,19H2,1-3H3,(H,29,33). The summed E-state index contributed by atoms with van der Waals surface area (Å²) in [6, 6.07) is 15.2. The third-order valence-corrected chi connectivity index (χ3v) is 6.16. The fraction of sp³-hybridized carbons (Fsp3) is 0.393. The summed E-state index contributed by atoms with van der Waals surface area (Å²) in [5.41, 5.74) is 2.96. The number of imidazole rings is 1. The summed E-state index contributed by atoms with van der Waals surface area (Å²) in [6.45, 7) is 5.53. The molecule has 0 radical (unpaired) electrons. The van der Waals surface area contributed by atoms with Crippen LogP contribution in [0.1, 0.15) is 49.3 Å². The van der Waals surface area contributed by atoms with E-state index in [0.29, 0.717) is 36.1 Å². The van der Waals surface area contributed by atoms with E-state index in [0.717, 1.165) is 49.3 Å². The van der Waals surface area contributed by atoms with Gasteiger partial charge in [-0.3, -0.25) is 9.59 Å². The maximum Gasteiger partial charge on any atom is 0.274 e. The second-order valence-corrected chi connectivity index (χ2v) is 8.80. The average Bonchev–Trinajstić information content (AvgIpc) is 3.06. The van der Waals surface area contributed by atoms with E-state index in [1.54, 1.807) is 25.2 Å². The minimum atomic E-state index is -0.300. The molecule has 4 rings (SSSR count). The Hall–Kier alpha value is -3.81. The molecule has 0 fully saturated rings. The second kappa shape index (κ2) is 11.7. The van der Waals surface area contributed by atoms with Crippen LogP contribution in [0.25, 0.3) is 11.4 Å². The molecule has 0 spiro atoms. The predicted molar refractivity (Wildman–Crippen MR) is 140 cm³/mol. The summed E-state index contributed by atoms with van der Waals surface area (Å²) < 4.78 is 13.4. The number of carbonyl (C=O) groups is 2. The van der Waals surface area contributed by atoms with Gasteiger partial charge in [0.1, 0.15) is 11.5 Å². The Morgan fingerprint density at radius 1 is 1.00 bits per heavy atom. The van der Waals surface area contributed by atoms with Crippen molar-refractivity contribution in [3.8, 4) is 22.9 Å². The minimum Gasteiger partial charge on any atom is -0.490 e. The first-order valence-electron chi connectivity index (χ1n) is 12.6. The normalized spacial score (nSPS) is 12.9. The van der Waals surface area contributed by atoms with Gasteiger partial charge in [0.25, 0.3) is 5.91 Å². The van der Waals surface area contributed by atoms with Crippen LogP contribution in [0.3, 0.4) is 0 Å². The molecule has 8 heteroatoms. The smallest absolute Gasteiger partial charge is 0.274 e. The summed E-state index contributed by atoms with van der Waals surface area (Å²) >= 11 is 0. The van der Waals surface area contributed by atoms with Crippen molar-refractivity contribution in [3.05, 3.63) is 59.9 Å². The Kier molecular flexibility index (Phi) is 8.25. The molecule has 3 aromatic rings. The summed E-state index contributed by atoms with van der Waals surface area (Å²) in [6.07, 6.45) is 3.99. The van der Waals surface area contributed by atoms with Crippen LogP contribution in [0, 0.1) is 0 Å². The molecule has 8 nitrogen and oxygen atoms in total. The molecule has 0 unspecified atom stereocenters. The molecule has 36 heavy (non-hydrogen) atoms. The molecule has 0 atom stereocenters. The molecule has 0 saturated heterocycles. The molecule has 0 bridgehead atoms. The highest BCUT2D eigenvalue weighted by molar-refractivity contribution is 5.99. The first-order chi connectivity index (χ1) is 17.5. The number of nitrogens with one attached hydrogen (secondary N) is 1. The maximum absolute atomic E-state index is 13.5. The largest absolute Gasteiger partial charge is 0.490 e. The van der Waals surface area contributed by atoms with Gasteiger partial charge in [-0.15, -0.1) is 0 Å². The summed E-state index contributed by atoms with van der Waals surface area (Å²) in [5, 5.41) is 2.86. The molecule has 0 saturated carbocycles. The van der Waals surface area contributed by atoms with Crippen LogP contribution < -0.4 is 14.8 Å². The molecule has 2 aromatic carbocycles. The molecule has 1 N–H and O–H groups in total. The number of rotatable bonds is 9. The molecule has 0 aliphatic carbocycles. The van der Waals surface area contributed by atoms with Gasteiger partial charge in [-0.25, -0.2) is 4.98 Å². The number of amides is 2. The van der Waals surface area contributed by atoms with Gasteiger partial charge in [0.15, 0.2) is 11.5 Å². The Bertz CT molecular complexity index is 1210. The molecule has 2 amide bonds. The predicted octanol–water partition coefficient (Wildman–Crippen LogP) is 4.78. The highest BCUT2D eigenvalue weighted by atomic mass is 16.5. The van der Waals surface area contributed by atoms with E-state index < -0.39 is 0 Å². The van der Waals surface area contributed by atoms with Crippen molar-refractivity contribution in [3.63, 3.8) is 0 Å². The third kappa shape index (κ3) is 5.70. The molecule has 190 valence electrons. The zero-order chi connectivity index (χ0) is 25.5. The number of benzene rings is 2. The number of carbonyl (C=O) groups excluding carboxylic acids is 2. The third-order valence-electron chi connectivity index (χ3n) is 6.16. The summed E-state index contributed by atoms with van der Waals surface area (Å²) in [5.74, 6) is 1.45. The van der Waals surface area contributed by atoms with Gasteiger partial charge in [-0.2, -0.15) is 0 Å². The second-order valence-electron chi connectivity index (χ2n) is 8.80. The van der Waals surface area contributed by atoms with Crippen molar-refractivity contribution in [1.82, 2.24) is 14.5 Å². The number of anilines is 1. The topological polar surface area (TPSA) is 85.7 Å². The Morgan fingerprint density at radius 2 is 1.75 bits per heavy atom. The van der Waals surface area contributed by atoms with Crippen molar-refractivity contribution in [1.29, 1.82) is 0 Å². The van der Waals surface area contributed by atoms with E-state index in [-0.39, 0.29) is 18.4 Å². The number of fused-ring (bicyclic) bond motifs is 1. The molecule has 1 aliphatic rings. The number of aromatic nitrogens is 2. The number of nitrogens with zero attached hydrogens (tertiary/aromatic N) is 3. The van der Waals surface area contributed by atoms with Crippen LogP contribution >= 0.6 is 0 Å². The van der Waals surface area contributed by atoms with Crippen molar-refractivity contribution in [2.45, 2.75) is 46.1 Å². The van der Waals surface area contributed by atoms with Gasteiger partial charge >= 0.3 is 0 Å². The average molecular weight is 491 g/mol. The quantitative estimate of drug-likeness (QED) is 0.466. The lowest BCUT2D eigenvalue weighted by atomic mass is 10.1. The SMILES string of the molecule is CCOc1ccc(NC(=O)CN(C)C(=O)c2nc(-c3ccccc3)n3c2CCCCC3)cc1OCC. The van der Waals surface area contributed by atoms with Gasteiger partial charge in [-0.05, 0) is 45.2 Å². The van der Waals surface area contributed by atoms with E-state index in [4.69, 9.17) is 14.5 Å². The van der Waals surface area contributed by atoms with Gasteiger partial charge < -0.3 is 24.3 Å². The van der Waals surface area contributed by atoms with Crippen LogP contribution in [0.4, 0.5) is 5.69 Å². The van der Waals surface area contributed by atoms with Crippen molar-refractivity contribution < 1.29 is 19.1 Å². The maximum atomic E-state index is 13.5. The number of ether oxygens (including phenoxy) is 2. The van der Waals surface area contributed by atoms with Crippen molar-refractivity contribution in [2.24, 2.45) is 0 Å². The highest BCUT2D eigenvalue weighted by Crippen LogP contribution is 2.31. The molecular formula is C28H34N4O4. The van der Waals surface area contributed by atoms with E-state index in [1.807, 2.05) is 44.2 Å². The van der Waals surface area contributed by atoms with Gasteiger partial charge in [0.05, 0.1) is 25.5 Å². The van der Waals surface area contributed by atoms with Crippen LogP contribution in [0.15, 0.2) is 48.5 Å². The zero-order valence-corrected chi connectivity index (χ0v) is 21.3. The summed E-state index contributed by atoms with van der Waals surface area (Å²) in [4.78, 5) is 32.5. The number of hydrogen-bond acceptors (Lipinski definition) is 5. The molecule has 1 aliphatic heterocycles. The Morgan fingerprint density at radius 3 is 2.50 bits per heavy atom. The van der Waals surface area contributed by atoms with Gasteiger partial charge in [-0.1, -0.05) is 36.8 Å². The zero-order valence-electron chi connectivity index (χ0n) is 21.3. The number of likely N-dealkylation sites (N-methyl/N-ethyl adjacent to an activating group) is 1. The molecular weight excluding hydrogens is 456 g/mol. The monoisotopic (exact) mass is 490 g/mol. The van der Waals surface area contributed by atoms with E-state index in [2.05, 4.69) is 9.88 Å². The Labute approximate surface area is 212 Å². The van der Waals surface area contributed by atoms with E-state index in [1.165, 1.54) is 4.90 Å². The van der Waals surface area contributed by atoms with Crippen LogP contribution in [0.2, 0.25) is 0 Å². The molecule has 2 heterocycles. The van der Waals surface area contributed by atoms with Gasteiger partial charge in [0.2, 0.25) is 5.91 Å². The Balaban J connectivity index is 1.50. The lowest BCUT2D eigenvalue weighted by Gasteiger charge is -2.17. The lowest BCUT2D eigenvalue weighted by Crippen LogP contribution is -2.35. The fourth-order valence-electron chi connectivity index (χ4n) is 4.50. The first-order valence-corrected chi connectivity index (χ1v) is 12.6. The van der Waals surface area contributed by atoms with Crippen LogP contribution in [-0.2, 0) is 17.8 Å². The lowest BCUT2D eigenvalue weighted by molar-refractivity contribution is -0.116. The van der Waals surface area contributed by atoms with Gasteiger partial charge in [0, 0.05) is 30.9 Å². The van der Waals surface area contributed by atoms with E-state index >= 15 is 0 Å².